The summed E-state index contributed by atoms with van der Waals surface area (Å²) in [6.45, 7) is 0.720. The van der Waals surface area contributed by atoms with Crippen LogP contribution in [0, 0.1) is 5.92 Å². The minimum atomic E-state index is -0.878. The van der Waals surface area contributed by atoms with E-state index in [-0.39, 0.29) is 19.2 Å². The van der Waals surface area contributed by atoms with E-state index in [1.165, 1.54) is 4.90 Å². The standard InChI is InChI=1S/C16H21NO5/c1-21-11-14-8-7-13(15(18)19)9-17(14)16(20)22-10-12-5-3-2-4-6-12/h2-6,13-14H,7-11H2,1H3,(H,18,19)/t13-,14+/m1/s1. The Morgan fingerprint density at radius 1 is 1.27 bits per heavy atom. The van der Waals surface area contributed by atoms with Crippen molar-refractivity contribution in [2.45, 2.75) is 25.5 Å². The number of carboxylic acids is 1. The molecular formula is C16H21NO5. The van der Waals surface area contributed by atoms with Crippen molar-refractivity contribution in [1.82, 2.24) is 4.90 Å². The molecule has 0 unspecified atom stereocenters. The van der Waals surface area contributed by atoms with E-state index >= 15 is 0 Å². The summed E-state index contributed by atoms with van der Waals surface area (Å²) in [5.74, 6) is -1.42. The van der Waals surface area contributed by atoms with E-state index in [0.717, 1.165) is 5.56 Å². The molecule has 22 heavy (non-hydrogen) atoms. The van der Waals surface area contributed by atoms with Gasteiger partial charge in [0.1, 0.15) is 6.61 Å². The van der Waals surface area contributed by atoms with E-state index < -0.39 is 18.0 Å². The maximum atomic E-state index is 12.3. The molecule has 1 amide bonds. The number of amides is 1. The fourth-order valence-electron chi connectivity index (χ4n) is 2.62. The minimum absolute atomic E-state index is 0.135. The summed E-state index contributed by atoms with van der Waals surface area (Å²) in [7, 11) is 1.57. The SMILES string of the molecule is COC[C@@H]1CC[C@@H](C(=O)O)CN1C(=O)OCc1ccccc1. The fourth-order valence-corrected chi connectivity index (χ4v) is 2.62. The zero-order valence-electron chi connectivity index (χ0n) is 12.6. The highest BCUT2D eigenvalue weighted by atomic mass is 16.6. The van der Waals surface area contributed by atoms with Crippen LogP contribution in [0.3, 0.4) is 0 Å². The number of rotatable bonds is 5. The van der Waals surface area contributed by atoms with Gasteiger partial charge in [0.15, 0.2) is 0 Å². The maximum absolute atomic E-state index is 12.3. The third kappa shape index (κ3) is 4.21. The molecule has 1 heterocycles. The van der Waals surface area contributed by atoms with Gasteiger partial charge in [-0.05, 0) is 18.4 Å². The molecule has 0 bridgehead atoms. The minimum Gasteiger partial charge on any atom is -0.481 e. The Bertz CT molecular complexity index is 505. The molecule has 0 aromatic heterocycles. The van der Waals surface area contributed by atoms with Gasteiger partial charge in [-0.15, -0.1) is 0 Å². The Kier molecular flexibility index (Phi) is 5.77. The van der Waals surface area contributed by atoms with Crippen LogP contribution in [-0.4, -0.2) is 48.4 Å². The van der Waals surface area contributed by atoms with Crippen LogP contribution in [0.15, 0.2) is 30.3 Å². The van der Waals surface area contributed by atoms with E-state index in [2.05, 4.69) is 0 Å². The molecule has 1 aliphatic rings. The molecule has 0 spiro atoms. The number of ether oxygens (including phenoxy) is 2. The van der Waals surface area contributed by atoms with Crippen LogP contribution in [0.5, 0.6) is 0 Å². The maximum Gasteiger partial charge on any atom is 0.410 e. The van der Waals surface area contributed by atoms with Crippen molar-refractivity contribution in [1.29, 1.82) is 0 Å². The Labute approximate surface area is 129 Å². The van der Waals surface area contributed by atoms with Crippen molar-refractivity contribution >= 4 is 12.1 Å². The summed E-state index contributed by atoms with van der Waals surface area (Å²) in [4.78, 5) is 24.9. The lowest BCUT2D eigenvalue weighted by Crippen LogP contribution is -2.50. The average molecular weight is 307 g/mol. The number of piperidine rings is 1. The zero-order valence-corrected chi connectivity index (χ0v) is 12.6. The molecule has 6 nitrogen and oxygen atoms in total. The van der Waals surface area contributed by atoms with Crippen molar-refractivity contribution in [2.24, 2.45) is 5.92 Å². The van der Waals surface area contributed by atoms with Crippen LogP contribution in [-0.2, 0) is 20.9 Å². The Hall–Kier alpha value is -2.08. The van der Waals surface area contributed by atoms with Gasteiger partial charge in [-0.2, -0.15) is 0 Å². The monoisotopic (exact) mass is 307 g/mol. The second-order valence-electron chi connectivity index (χ2n) is 5.41. The number of aliphatic carboxylic acids is 1. The van der Waals surface area contributed by atoms with Crippen molar-refractivity contribution in [2.75, 3.05) is 20.3 Å². The number of methoxy groups -OCH3 is 1. The molecule has 1 aliphatic heterocycles. The van der Waals surface area contributed by atoms with Gasteiger partial charge in [0, 0.05) is 13.7 Å². The fraction of sp³-hybridized carbons (Fsp3) is 0.500. The third-order valence-electron chi connectivity index (χ3n) is 3.85. The van der Waals surface area contributed by atoms with Gasteiger partial charge < -0.3 is 19.5 Å². The van der Waals surface area contributed by atoms with Crippen LogP contribution in [0.4, 0.5) is 4.79 Å². The number of hydrogen-bond donors (Lipinski definition) is 1. The molecule has 0 saturated carbocycles. The number of likely N-dealkylation sites (tertiary alicyclic amines) is 1. The first kappa shape index (κ1) is 16.3. The summed E-state index contributed by atoms with van der Waals surface area (Å²) >= 11 is 0. The molecule has 2 rings (SSSR count). The van der Waals surface area contributed by atoms with Gasteiger partial charge in [-0.25, -0.2) is 4.79 Å². The second-order valence-corrected chi connectivity index (χ2v) is 5.41. The van der Waals surface area contributed by atoms with E-state index in [0.29, 0.717) is 19.4 Å². The van der Waals surface area contributed by atoms with Crippen LogP contribution in [0.25, 0.3) is 0 Å². The number of nitrogens with zero attached hydrogens (tertiary/aromatic N) is 1. The molecule has 0 aliphatic carbocycles. The lowest BCUT2D eigenvalue weighted by molar-refractivity contribution is -0.144. The van der Waals surface area contributed by atoms with Gasteiger partial charge >= 0.3 is 12.1 Å². The van der Waals surface area contributed by atoms with Gasteiger partial charge in [-0.3, -0.25) is 4.79 Å². The van der Waals surface area contributed by atoms with Crippen molar-refractivity contribution in [3.63, 3.8) is 0 Å². The van der Waals surface area contributed by atoms with E-state index in [9.17, 15) is 9.59 Å². The normalized spacial score (nSPS) is 21.4. The van der Waals surface area contributed by atoms with Gasteiger partial charge in [0.25, 0.3) is 0 Å². The van der Waals surface area contributed by atoms with Gasteiger partial charge in [0.2, 0.25) is 0 Å². The van der Waals surface area contributed by atoms with Crippen LogP contribution >= 0.6 is 0 Å². The molecule has 2 atom stereocenters. The molecule has 1 aromatic rings. The smallest absolute Gasteiger partial charge is 0.410 e. The largest absolute Gasteiger partial charge is 0.481 e. The molecule has 1 saturated heterocycles. The Balaban J connectivity index is 1.97. The second kappa shape index (κ2) is 7.79. The number of benzene rings is 1. The van der Waals surface area contributed by atoms with E-state index in [4.69, 9.17) is 14.6 Å². The Morgan fingerprint density at radius 3 is 2.64 bits per heavy atom. The first-order valence-corrected chi connectivity index (χ1v) is 7.31. The highest BCUT2D eigenvalue weighted by molar-refractivity contribution is 5.73. The highest BCUT2D eigenvalue weighted by Crippen LogP contribution is 2.23. The van der Waals surface area contributed by atoms with E-state index in [1.807, 2.05) is 30.3 Å². The van der Waals surface area contributed by atoms with Crippen LogP contribution < -0.4 is 0 Å². The summed E-state index contributed by atoms with van der Waals surface area (Å²) in [5.41, 5.74) is 0.894. The van der Waals surface area contributed by atoms with Gasteiger partial charge in [0.05, 0.1) is 18.6 Å². The van der Waals surface area contributed by atoms with Crippen molar-refractivity contribution in [3.05, 3.63) is 35.9 Å². The predicted molar refractivity (Wildman–Crippen MR) is 79.4 cm³/mol. The van der Waals surface area contributed by atoms with Crippen molar-refractivity contribution in [3.8, 4) is 0 Å². The molecule has 1 N–H and O–H groups in total. The molecule has 1 aromatic carbocycles. The van der Waals surface area contributed by atoms with Crippen molar-refractivity contribution < 1.29 is 24.2 Å². The zero-order chi connectivity index (χ0) is 15.9. The Morgan fingerprint density at radius 2 is 2.00 bits per heavy atom. The predicted octanol–water partition coefficient (Wildman–Crippen LogP) is 2.13. The molecule has 1 fully saturated rings. The lowest BCUT2D eigenvalue weighted by Gasteiger charge is -2.37. The van der Waals surface area contributed by atoms with Crippen LogP contribution in [0.2, 0.25) is 0 Å². The number of carboxylic acid groups (broad SMARTS) is 1. The number of carbonyl (C=O) groups is 2. The summed E-state index contributed by atoms with van der Waals surface area (Å²) in [5, 5.41) is 9.15. The highest BCUT2D eigenvalue weighted by Gasteiger charge is 2.35. The quantitative estimate of drug-likeness (QED) is 0.902. The van der Waals surface area contributed by atoms with Gasteiger partial charge in [-0.1, -0.05) is 30.3 Å². The first-order valence-electron chi connectivity index (χ1n) is 7.31. The van der Waals surface area contributed by atoms with Crippen LogP contribution in [0.1, 0.15) is 18.4 Å². The topological polar surface area (TPSA) is 76.1 Å². The average Bonchev–Trinajstić information content (AvgIpc) is 2.54. The third-order valence-corrected chi connectivity index (χ3v) is 3.85. The molecular weight excluding hydrogens is 286 g/mol. The summed E-state index contributed by atoms with van der Waals surface area (Å²) in [6.07, 6.45) is 0.661. The first-order chi connectivity index (χ1) is 10.6. The molecule has 120 valence electrons. The molecule has 6 heteroatoms. The number of hydrogen-bond acceptors (Lipinski definition) is 4. The number of carbonyl (C=O) groups excluding carboxylic acids is 1. The summed E-state index contributed by atoms with van der Waals surface area (Å²) in [6, 6.07) is 9.24. The van der Waals surface area contributed by atoms with E-state index in [1.54, 1.807) is 7.11 Å². The molecule has 0 radical (unpaired) electrons. The summed E-state index contributed by atoms with van der Waals surface area (Å²) < 4.78 is 10.4. The lowest BCUT2D eigenvalue weighted by atomic mass is 9.93.